The maximum Gasteiger partial charge on any atom is 0.246 e. The molecule has 0 heterocycles. The molecule has 0 unspecified atom stereocenters. The van der Waals surface area contributed by atoms with Crippen molar-refractivity contribution in [3.63, 3.8) is 0 Å². The zero-order chi connectivity index (χ0) is 43.2. The zero-order valence-corrected chi connectivity index (χ0v) is 34.8. The Kier molecular flexibility index (Phi) is 34.8. The predicted octanol–water partition coefficient (Wildman–Crippen LogP) is -1.77. The van der Waals surface area contributed by atoms with E-state index in [4.69, 9.17) is 36.1 Å². The second kappa shape index (κ2) is 37.3. The second-order valence-electron chi connectivity index (χ2n) is 13.7. The summed E-state index contributed by atoms with van der Waals surface area (Å²) in [5.41, 5.74) is 16.2. The highest BCUT2D eigenvalue weighted by Gasteiger charge is 2.20. The van der Waals surface area contributed by atoms with Gasteiger partial charge in [0.15, 0.2) is 0 Å². The minimum Gasteiger partial charge on any atom is -0.377 e. The Morgan fingerprint density at radius 3 is 1.57 bits per heavy atom. The van der Waals surface area contributed by atoms with Gasteiger partial charge in [0.25, 0.3) is 0 Å². The third kappa shape index (κ3) is 32.1. The van der Waals surface area contributed by atoms with E-state index in [1.807, 2.05) is 6.92 Å². The number of primary amides is 2. The average molecular weight is 832 g/mol. The lowest BCUT2D eigenvalue weighted by Crippen LogP contribution is -2.47. The lowest BCUT2D eigenvalue weighted by Gasteiger charge is -2.19. The summed E-state index contributed by atoms with van der Waals surface area (Å²) in [6, 6.07) is -1.12. The van der Waals surface area contributed by atoms with Crippen LogP contribution in [0.3, 0.4) is 0 Å². The lowest BCUT2D eigenvalue weighted by molar-refractivity contribution is -0.129. The van der Waals surface area contributed by atoms with Crippen LogP contribution in [0.25, 0.3) is 0 Å². The topological polar surface area (TPSA) is 307 Å². The summed E-state index contributed by atoms with van der Waals surface area (Å²) in [7, 11) is 1.67. The summed E-state index contributed by atoms with van der Waals surface area (Å²) in [6.45, 7) is 5.06. The largest absolute Gasteiger partial charge is 0.377 e. The van der Waals surface area contributed by atoms with Crippen molar-refractivity contribution in [1.82, 2.24) is 31.9 Å². The minimum atomic E-state index is -0.705. The number of rotatable bonds is 40. The van der Waals surface area contributed by atoms with E-state index >= 15 is 0 Å². The Labute approximate surface area is 343 Å². The number of carbonyl (C=O) groups excluding carboxylic acids is 7. The fourth-order valence-corrected chi connectivity index (χ4v) is 5.45. The Bertz CT molecular complexity index is 1170. The van der Waals surface area contributed by atoms with Crippen molar-refractivity contribution in [2.45, 2.75) is 102 Å². The maximum atomic E-state index is 12.8. The quantitative estimate of drug-likeness (QED) is 0.0309. The van der Waals surface area contributed by atoms with E-state index in [2.05, 4.69) is 31.9 Å². The van der Waals surface area contributed by atoms with E-state index < -0.39 is 18.0 Å². The molecule has 0 bridgehead atoms. The summed E-state index contributed by atoms with van der Waals surface area (Å²) >= 11 is 0. The van der Waals surface area contributed by atoms with Gasteiger partial charge in [0, 0.05) is 44.9 Å². The van der Waals surface area contributed by atoms with Crippen molar-refractivity contribution in [3.8, 4) is 0 Å². The normalized spacial score (nSPS) is 12.5. The van der Waals surface area contributed by atoms with Crippen molar-refractivity contribution in [3.05, 3.63) is 0 Å². The number of unbranched alkanes of at least 4 members (excludes halogenated alkanes) is 3. The van der Waals surface area contributed by atoms with E-state index in [1.165, 1.54) is 0 Å². The summed E-state index contributed by atoms with van der Waals surface area (Å²) < 4.78 is 21.4. The Morgan fingerprint density at radius 1 is 0.517 bits per heavy atom. The number of likely N-dealkylation sites (N-methyl/N-ethyl adjacent to an activating group) is 1. The van der Waals surface area contributed by atoms with Crippen molar-refractivity contribution in [1.29, 1.82) is 0 Å². The molecule has 0 aliphatic heterocycles. The number of nitrogens with one attached hydrogen (secondary N) is 6. The van der Waals surface area contributed by atoms with Gasteiger partial charge in [0.1, 0.15) is 19.3 Å². The van der Waals surface area contributed by atoms with Gasteiger partial charge in [-0.05, 0) is 77.8 Å². The molecule has 0 radical (unpaired) electrons. The van der Waals surface area contributed by atoms with E-state index in [0.717, 1.165) is 19.3 Å². The van der Waals surface area contributed by atoms with Crippen LogP contribution < -0.4 is 49.1 Å². The molecule has 3 atom stereocenters. The molecule has 0 spiro atoms. The molecule has 336 valence electrons. The number of hydrogen-bond acceptors (Lipinski definition) is 13. The Morgan fingerprint density at radius 2 is 1.02 bits per heavy atom. The monoisotopic (exact) mass is 832 g/mol. The maximum absolute atomic E-state index is 12.8. The van der Waals surface area contributed by atoms with Crippen molar-refractivity contribution in [2.24, 2.45) is 23.1 Å². The molecule has 20 heteroatoms. The first-order chi connectivity index (χ1) is 27.9. The van der Waals surface area contributed by atoms with Crippen molar-refractivity contribution in [2.75, 3.05) is 92.6 Å². The van der Waals surface area contributed by atoms with E-state index in [9.17, 15) is 33.6 Å². The first-order valence-electron chi connectivity index (χ1n) is 20.6. The smallest absolute Gasteiger partial charge is 0.246 e. The summed E-state index contributed by atoms with van der Waals surface area (Å²) in [4.78, 5) is 83.8. The third-order valence-electron chi connectivity index (χ3n) is 8.86. The predicted molar refractivity (Wildman–Crippen MR) is 217 cm³/mol. The van der Waals surface area contributed by atoms with Gasteiger partial charge in [0.2, 0.25) is 41.4 Å². The highest BCUT2D eigenvalue weighted by molar-refractivity contribution is 5.87. The number of ether oxygens (including phenoxy) is 4. The molecule has 0 aliphatic carbocycles. The van der Waals surface area contributed by atoms with E-state index in [0.29, 0.717) is 71.0 Å². The van der Waals surface area contributed by atoms with Gasteiger partial charge in [-0.3, -0.25) is 33.6 Å². The third-order valence-corrected chi connectivity index (χ3v) is 8.86. The molecule has 0 aromatic heterocycles. The summed E-state index contributed by atoms with van der Waals surface area (Å²) in [5, 5.41) is 16.6. The molecule has 0 fully saturated rings. The first kappa shape index (κ1) is 54.0. The van der Waals surface area contributed by atoms with Crippen LogP contribution in [-0.4, -0.2) is 146 Å². The Hall–Kier alpha value is -3.95. The van der Waals surface area contributed by atoms with Crippen LogP contribution in [0, 0.1) is 5.92 Å². The number of carbonyl (C=O) groups is 7. The molecular weight excluding hydrogens is 758 g/mol. The lowest BCUT2D eigenvalue weighted by atomic mass is 9.99. The molecule has 0 rings (SSSR count). The number of nitrogens with two attached hydrogens (primary N) is 3. The van der Waals surface area contributed by atoms with E-state index in [-0.39, 0.29) is 120 Å². The summed E-state index contributed by atoms with van der Waals surface area (Å²) in [5.74, 6) is -2.20. The van der Waals surface area contributed by atoms with Gasteiger partial charge in [-0.25, -0.2) is 0 Å². The average Bonchev–Trinajstić information content (AvgIpc) is 3.18. The van der Waals surface area contributed by atoms with Crippen LogP contribution in [0.15, 0.2) is 0 Å². The van der Waals surface area contributed by atoms with Gasteiger partial charge in [0.05, 0.1) is 45.7 Å². The van der Waals surface area contributed by atoms with Crippen molar-refractivity contribution >= 4 is 41.4 Å². The highest BCUT2D eigenvalue weighted by atomic mass is 16.5. The highest BCUT2D eigenvalue weighted by Crippen LogP contribution is 2.11. The number of amides is 7. The molecule has 0 aromatic carbocycles. The van der Waals surface area contributed by atoms with Gasteiger partial charge >= 0.3 is 0 Å². The fraction of sp³-hybridized carbons (Fsp3) is 0.816. The minimum absolute atomic E-state index is 0.0809. The molecule has 58 heavy (non-hydrogen) atoms. The van der Waals surface area contributed by atoms with Crippen LogP contribution in [0.1, 0.15) is 90.4 Å². The van der Waals surface area contributed by atoms with Crippen LogP contribution in [0.4, 0.5) is 0 Å². The van der Waals surface area contributed by atoms with Crippen LogP contribution >= 0.6 is 0 Å². The molecule has 0 saturated heterocycles. The van der Waals surface area contributed by atoms with Crippen LogP contribution in [-0.2, 0) is 52.5 Å². The summed E-state index contributed by atoms with van der Waals surface area (Å²) in [6.07, 6.45) is 7.26. The SMILES string of the molecule is CC[C@@H](CCCCNC(=O)COCCOCCNC(=O)COCCOCCNC(=O)CCCC(=O)N[C@@H](CCCCN)C(=O)NCCCC[C@H](NC)C(N)=O)C(N)=O. The standard InChI is InChI=1S/C38H73N9O11/c1-3-29(36(40)52)11-5-8-17-43-34(50)27-57-25-24-56-22-20-45-35(51)28-58-26-23-55-21-19-44-32(48)14-10-15-33(49)47-31(13-4-7-16-39)38(54)46-18-9-6-12-30(42-2)37(41)53/h29-31,42H,3-28,39H2,1-2H3,(H2,40,52)(H2,41,53)(H,43,50)(H,44,48)(H,45,51)(H,46,54)(H,47,49)/t29-,30-,31-/m0/s1. The van der Waals surface area contributed by atoms with Gasteiger partial charge in [-0.15, -0.1) is 0 Å². The van der Waals surface area contributed by atoms with Crippen LogP contribution in [0.2, 0.25) is 0 Å². The zero-order valence-electron chi connectivity index (χ0n) is 34.8. The number of hydrogen-bond donors (Lipinski definition) is 9. The second-order valence-corrected chi connectivity index (χ2v) is 13.7. The first-order valence-corrected chi connectivity index (χ1v) is 20.6. The molecule has 0 saturated carbocycles. The molecule has 7 amide bonds. The van der Waals surface area contributed by atoms with Gasteiger partial charge in [-0.2, -0.15) is 0 Å². The molecule has 0 aliphatic rings. The van der Waals surface area contributed by atoms with Crippen molar-refractivity contribution < 1.29 is 52.5 Å². The van der Waals surface area contributed by atoms with Crippen LogP contribution in [0.5, 0.6) is 0 Å². The molecule has 20 nitrogen and oxygen atoms in total. The fourth-order valence-electron chi connectivity index (χ4n) is 5.45. The Balaban J connectivity index is 3.84. The van der Waals surface area contributed by atoms with Gasteiger partial charge in [-0.1, -0.05) is 13.3 Å². The van der Waals surface area contributed by atoms with Gasteiger partial charge < -0.3 is 68.0 Å². The molecule has 0 aromatic rings. The molecule has 12 N–H and O–H groups in total. The molecular formula is C38H73N9O11. The van der Waals surface area contributed by atoms with E-state index in [1.54, 1.807) is 7.05 Å².